The second-order valence-electron chi connectivity index (χ2n) is 8.41. The topological polar surface area (TPSA) is 98.6 Å². The highest BCUT2D eigenvalue weighted by molar-refractivity contribution is 5.86. The molecule has 1 saturated heterocycles. The van der Waals surface area contributed by atoms with Gasteiger partial charge in [0, 0.05) is 44.0 Å². The minimum absolute atomic E-state index is 0.0977. The molecule has 0 aromatic carbocycles. The van der Waals surface area contributed by atoms with Crippen LogP contribution in [0, 0.1) is 0 Å². The van der Waals surface area contributed by atoms with Crippen molar-refractivity contribution >= 4 is 16.9 Å². The summed E-state index contributed by atoms with van der Waals surface area (Å²) in [5.41, 5.74) is 2.00. The maximum atomic E-state index is 9.91. The van der Waals surface area contributed by atoms with Crippen LogP contribution in [0.3, 0.4) is 0 Å². The average Bonchev–Trinajstić information content (AvgIpc) is 2.75. The molecule has 2 aromatic heterocycles. The van der Waals surface area contributed by atoms with Crippen molar-refractivity contribution in [3.8, 4) is 5.88 Å². The summed E-state index contributed by atoms with van der Waals surface area (Å²) in [6.45, 7) is 4.04. The number of aromatic nitrogens is 3. The molecular formula is C22H32N4O4. The Hall–Kier alpha value is -2.03. The van der Waals surface area contributed by atoms with Crippen molar-refractivity contribution in [3.63, 3.8) is 0 Å². The molecule has 1 aliphatic carbocycles. The van der Waals surface area contributed by atoms with E-state index in [9.17, 15) is 5.11 Å². The number of aliphatic hydroxyl groups excluding tert-OH is 1. The minimum atomic E-state index is -0.196. The fourth-order valence-electron chi connectivity index (χ4n) is 4.33. The number of nitrogens with zero attached hydrogens (tertiary/aromatic N) is 3. The van der Waals surface area contributed by atoms with Gasteiger partial charge in [-0.2, -0.15) is 0 Å². The molecule has 0 spiro atoms. The van der Waals surface area contributed by atoms with Gasteiger partial charge in [-0.15, -0.1) is 0 Å². The van der Waals surface area contributed by atoms with Gasteiger partial charge in [-0.05, 0) is 38.5 Å². The van der Waals surface area contributed by atoms with Gasteiger partial charge in [0.25, 0.3) is 0 Å². The Balaban J connectivity index is 1.67. The lowest BCUT2D eigenvalue weighted by Crippen LogP contribution is -2.26. The average molecular weight is 417 g/mol. The predicted molar refractivity (Wildman–Crippen MR) is 114 cm³/mol. The first-order chi connectivity index (χ1) is 14.6. The second kappa shape index (κ2) is 9.85. The Morgan fingerprint density at radius 3 is 2.63 bits per heavy atom. The number of anilines is 1. The zero-order valence-corrected chi connectivity index (χ0v) is 17.8. The molecular weight excluding hydrogens is 384 g/mol. The fourth-order valence-corrected chi connectivity index (χ4v) is 4.33. The third-order valence-electron chi connectivity index (χ3n) is 5.99. The van der Waals surface area contributed by atoms with Crippen molar-refractivity contribution in [2.24, 2.45) is 0 Å². The molecule has 0 radical (unpaired) electrons. The monoisotopic (exact) mass is 416 g/mol. The molecule has 4 rings (SSSR count). The van der Waals surface area contributed by atoms with Crippen molar-refractivity contribution in [2.75, 3.05) is 32.2 Å². The molecule has 2 aliphatic rings. The molecule has 30 heavy (non-hydrogen) atoms. The van der Waals surface area contributed by atoms with Crippen molar-refractivity contribution in [1.29, 1.82) is 0 Å². The van der Waals surface area contributed by atoms with Gasteiger partial charge in [-0.1, -0.05) is 0 Å². The van der Waals surface area contributed by atoms with E-state index in [-0.39, 0.29) is 18.2 Å². The van der Waals surface area contributed by atoms with E-state index in [1.54, 1.807) is 7.11 Å². The smallest absolute Gasteiger partial charge is 0.224 e. The summed E-state index contributed by atoms with van der Waals surface area (Å²) in [6.07, 6.45) is 8.85. The summed E-state index contributed by atoms with van der Waals surface area (Å²) in [5, 5.41) is 14.1. The van der Waals surface area contributed by atoms with Crippen molar-refractivity contribution in [3.05, 3.63) is 18.0 Å². The number of aliphatic hydroxyl groups is 1. The first-order valence-electron chi connectivity index (χ1n) is 11.0. The number of rotatable bonds is 7. The van der Waals surface area contributed by atoms with Crippen LogP contribution >= 0.6 is 0 Å². The molecule has 164 valence electrons. The standard InChI is InChI=1S/C22H32N4O4/c1-14(13-28-2)25-22-24-12-19-20(26-22)18(15-3-5-16(27)6-4-15)11-23-21(19)30-17-7-9-29-10-8-17/h11-12,14-17,27H,3-10,13H2,1-2H3,(H,24,25,26)/t14-,15?,16?/m1/s1. The summed E-state index contributed by atoms with van der Waals surface area (Å²) in [7, 11) is 1.68. The number of pyridine rings is 1. The number of hydrogen-bond donors (Lipinski definition) is 2. The van der Waals surface area contributed by atoms with Crippen molar-refractivity contribution < 1.29 is 19.3 Å². The first kappa shape index (κ1) is 21.2. The van der Waals surface area contributed by atoms with E-state index < -0.39 is 0 Å². The van der Waals surface area contributed by atoms with Gasteiger partial charge in [0.2, 0.25) is 11.8 Å². The number of methoxy groups -OCH3 is 1. The second-order valence-corrected chi connectivity index (χ2v) is 8.41. The Labute approximate surface area is 177 Å². The molecule has 0 bridgehead atoms. The molecule has 2 N–H and O–H groups in total. The molecule has 2 fully saturated rings. The highest BCUT2D eigenvalue weighted by atomic mass is 16.5. The van der Waals surface area contributed by atoms with Crippen LogP contribution in [-0.2, 0) is 9.47 Å². The molecule has 3 heterocycles. The number of nitrogens with one attached hydrogen (secondary N) is 1. The highest BCUT2D eigenvalue weighted by Crippen LogP contribution is 2.38. The maximum Gasteiger partial charge on any atom is 0.224 e. The molecule has 0 amide bonds. The van der Waals surface area contributed by atoms with Gasteiger partial charge in [-0.25, -0.2) is 15.0 Å². The molecule has 8 nitrogen and oxygen atoms in total. The van der Waals surface area contributed by atoms with Crippen LogP contribution < -0.4 is 10.1 Å². The SMILES string of the molecule is COC[C@@H](C)Nc1ncc2c(OC3CCOCC3)ncc(C3CCC(O)CC3)c2n1. The van der Waals surface area contributed by atoms with E-state index in [1.165, 1.54) is 0 Å². The summed E-state index contributed by atoms with van der Waals surface area (Å²) < 4.78 is 16.9. The van der Waals surface area contributed by atoms with Crippen LogP contribution in [0.4, 0.5) is 5.95 Å². The van der Waals surface area contributed by atoms with Crippen LogP contribution in [0.2, 0.25) is 0 Å². The summed E-state index contributed by atoms with van der Waals surface area (Å²) in [5.74, 6) is 1.50. The van der Waals surface area contributed by atoms with Gasteiger partial charge < -0.3 is 24.6 Å². The van der Waals surface area contributed by atoms with Gasteiger partial charge in [0.05, 0.1) is 36.8 Å². The minimum Gasteiger partial charge on any atom is -0.474 e. The van der Waals surface area contributed by atoms with Crippen LogP contribution in [0.25, 0.3) is 10.9 Å². The lowest BCUT2D eigenvalue weighted by Gasteiger charge is -2.27. The van der Waals surface area contributed by atoms with E-state index in [4.69, 9.17) is 19.2 Å². The van der Waals surface area contributed by atoms with Crippen molar-refractivity contribution in [2.45, 2.75) is 69.6 Å². The van der Waals surface area contributed by atoms with Crippen LogP contribution in [0.15, 0.2) is 12.4 Å². The molecule has 1 aliphatic heterocycles. The van der Waals surface area contributed by atoms with Crippen molar-refractivity contribution in [1.82, 2.24) is 15.0 Å². The van der Waals surface area contributed by atoms with Gasteiger partial charge in [-0.3, -0.25) is 0 Å². The Kier molecular flexibility index (Phi) is 6.97. The summed E-state index contributed by atoms with van der Waals surface area (Å²) in [6, 6.07) is 0.0977. The third-order valence-corrected chi connectivity index (χ3v) is 5.99. The highest BCUT2D eigenvalue weighted by Gasteiger charge is 2.26. The molecule has 1 atom stereocenters. The Bertz CT molecular complexity index is 835. The Morgan fingerprint density at radius 1 is 1.13 bits per heavy atom. The molecule has 0 unspecified atom stereocenters. The van der Waals surface area contributed by atoms with Gasteiger partial charge >= 0.3 is 0 Å². The number of fused-ring (bicyclic) bond motifs is 1. The largest absolute Gasteiger partial charge is 0.474 e. The molecule has 2 aromatic rings. The van der Waals surface area contributed by atoms with E-state index >= 15 is 0 Å². The molecule has 1 saturated carbocycles. The van der Waals surface area contributed by atoms with Crippen LogP contribution in [-0.4, -0.2) is 65.2 Å². The molecule has 8 heteroatoms. The van der Waals surface area contributed by atoms with E-state index in [0.29, 0.717) is 37.6 Å². The van der Waals surface area contributed by atoms with E-state index in [0.717, 1.165) is 55.0 Å². The normalized spacial score (nSPS) is 24.0. The maximum absolute atomic E-state index is 9.91. The third kappa shape index (κ3) is 4.99. The summed E-state index contributed by atoms with van der Waals surface area (Å²) >= 11 is 0. The van der Waals surface area contributed by atoms with Crippen LogP contribution in [0.1, 0.15) is 56.9 Å². The number of ether oxygens (including phenoxy) is 3. The van der Waals surface area contributed by atoms with E-state index in [1.807, 2.05) is 19.3 Å². The lowest BCUT2D eigenvalue weighted by atomic mass is 9.83. The quantitative estimate of drug-likeness (QED) is 0.711. The lowest BCUT2D eigenvalue weighted by molar-refractivity contribution is 0.0244. The van der Waals surface area contributed by atoms with Crippen LogP contribution in [0.5, 0.6) is 5.88 Å². The number of hydrogen-bond acceptors (Lipinski definition) is 8. The fraction of sp³-hybridized carbons (Fsp3) is 0.682. The summed E-state index contributed by atoms with van der Waals surface area (Å²) in [4.78, 5) is 14.0. The Morgan fingerprint density at radius 2 is 1.90 bits per heavy atom. The van der Waals surface area contributed by atoms with Gasteiger partial charge in [0.1, 0.15) is 6.10 Å². The zero-order chi connectivity index (χ0) is 20.9. The first-order valence-corrected chi connectivity index (χ1v) is 11.0. The zero-order valence-electron chi connectivity index (χ0n) is 17.8. The predicted octanol–water partition coefficient (Wildman–Crippen LogP) is 3.05. The van der Waals surface area contributed by atoms with Gasteiger partial charge in [0.15, 0.2) is 0 Å². The van der Waals surface area contributed by atoms with E-state index in [2.05, 4.69) is 15.3 Å².